The van der Waals surface area contributed by atoms with Crippen LogP contribution < -0.4 is 5.32 Å². The van der Waals surface area contributed by atoms with Gasteiger partial charge in [0.05, 0.1) is 0 Å². The fourth-order valence-electron chi connectivity index (χ4n) is 1.85. The summed E-state index contributed by atoms with van der Waals surface area (Å²) in [6.45, 7) is 1.41. The van der Waals surface area contributed by atoms with Crippen LogP contribution in [0.4, 0.5) is 5.69 Å². The van der Waals surface area contributed by atoms with Gasteiger partial charge in [-0.1, -0.05) is 41.4 Å². The first kappa shape index (κ1) is 16.3. The van der Waals surface area contributed by atoms with Crippen molar-refractivity contribution in [3.05, 3.63) is 69.7 Å². The van der Waals surface area contributed by atoms with Crippen LogP contribution in [-0.2, 0) is 4.79 Å². The molecule has 0 saturated carbocycles. The molecule has 0 heterocycles. The average molecular weight is 334 g/mol. The summed E-state index contributed by atoms with van der Waals surface area (Å²) in [5, 5.41) is 3.65. The number of hydrogen-bond donors (Lipinski definition) is 1. The van der Waals surface area contributed by atoms with Crippen LogP contribution in [0.25, 0.3) is 6.08 Å². The zero-order chi connectivity index (χ0) is 16.1. The average Bonchev–Trinajstić information content (AvgIpc) is 2.45. The molecule has 0 aliphatic rings. The summed E-state index contributed by atoms with van der Waals surface area (Å²) in [5.41, 5.74) is 1.77. The standard InChI is InChI=1S/C17H13Cl2NO2/c1-11(21)20-15-4-2-3-13(9-15)17(22)8-6-12-5-7-14(18)10-16(12)19/h2-10H,1H3,(H,20,21)/b8-6+. The number of halogens is 2. The zero-order valence-electron chi connectivity index (χ0n) is 11.8. The van der Waals surface area contributed by atoms with Crippen molar-refractivity contribution in [2.45, 2.75) is 6.92 Å². The van der Waals surface area contributed by atoms with Gasteiger partial charge in [-0.05, 0) is 42.0 Å². The van der Waals surface area contributed by atoms with E-state index < -0.39 is 0 Å². The summed E-state index contributed by atoms with van der Waals surface area (Å²) in [6, 6.07) is 11.8. The molecule has 5 heteroatoms. The predicted octanol–water partition coefficient (Wildman–Crippen LogP) is 4.85. The van der Waals surface area contributed by atoms with E-state index in [4.69, 9.17) is 23.2 Å². The molecule has 0 spiro atoms. The molecule has 1 N–H and O–H groups in total. The number of carbonyl (C=O) groups is 2. The molecule has 2 aromatic rings. The number of ketones is 1. The molecule has 0 aliphatic heterocycles. The molecule has 0 unspecified atom stereocenters. The predicted molar refractivity (Wildman–Crippen MR) is 90.6 cm³/mol. The summed E-state index contributed by atoms with van der Waals surface area (Å²) < 4.78 is 0. The number of amides is 1. The molecular weight excluding hydrogens is 321 g/mol. The Morgan fingerprint density at radius 2 is 1.86 bits per heavy atom. The van der Waals surface area contributed by atoms with E-state index in [0.717, 1.165) is 0 Å². The molecule has 1 amide bonds. The lowest BCUT2D eigenvalue weighted by Crippen LogP contribution is -2.06. The maximum atomic E-state index is 12.2. The van der Waals surface area contributed by atoms with Crippen molar-refractivity contribution in [1.82, 2.24) is 0 Å². The Morgan fingerprint density at radius 1 is 1.09 bits per heavy atom. The van der Waals surface area contributed by atoms with Crippen LogP contribution in [0.15, 0.2) is 48.5 Å². The molecule has 112 valence electrons. The highest BCUT2D eigenvalue weighted by atomic mass is 35.5. The van der Waals surface area contributed by atoms with Gasteiger partial charge < -0.3 is 5.32 Å². The maximum absolute atomic E-state index is 12.2. The largest absolute Gasteiger partial charge is 0.326 e. The number of rotatable bonds is 4. The normalized spacial score (nSPS) is 10.7. The number of nitrogens with one attached hydrogen (secondary N) is 1. The van der Waals surface area contributed by atoms with Gasteiger partial charge in [0.25, 0.3) is 0 Å². The van der Waals surface area contributed by atoms with Gasteiger partial charge in [-0.2, -0.15) is 0 Å². The van der Waals surface area contributed by atoms with E-state index in [2.05, 4.69) is 5.32 Å². The van der Waals surface area contributed by atoms with Gasteiger partial charge >= 0.3 is 0 Å². The van der Waals surface area contributed by atoms with Gasteiger partial charge in [0.2, 0.25) is 5.91 Å². The Labute approximate surface area is 138 Å². The molecule has 0 radical (unpaired) electrons. The molecule has 0 bridgehead atoms. The summed E-state index contributed by atoms with van der Waals surface area (Å²) in [4.78, 5) is 23.2. The lowest BCUT2D eigenvalue weighted by Gasteiger charge is -2.03. The first-order chi connectivity index (χ1) is 10.5. The maximum Gasteiger partial charge on any atom is 0.221 e. The van der Waals surface area contributed by atoms with Crippen LogP contribution in [0.2, 0.25) is 10.0 Å². The van der Waals surface area contributed by atoms with E-state index >= 15 is 0 Å². The van der Waals surface area contributed by atoms with E-state index in [1.54, 1.807) is 48.5 Å². The fraction of sp³-hybridized carbons (Fsp3) is 0.0588. The third-order valence-electron chi connectivity index (χ3n) is 2.84. The summed E-state index contributed by atoms with van der Waals surface area (Å²) >= 11 is 11.9. The topological polar surface area (TPSA) is 46.2 Å². The van der Waals surface area contributed by atoms with Crippen molar-refractivity contribution >= 4 is 46.7 Å². The van der Waals surface area contributed by atoms with Gasteiger partial charge in [-0.3, -0.25) is 9.59 Å². The molecule has 3 nitrogen and oxygen atoms in total. The lowest BCUT2D eigenvalue weighted by atomic mass is 10.1. The minimum atomic E-state index is -0.187. The van der Waals surface area contributed by atoms with E-state index in [0.29, 0.717) is 26.9 Å². The van der Waals surface area contributed by atoms with Crippen molar-refractivity contribution in [2.75, 3.05) is 5.32 Å². The minimum absolute atomic E-state index is 0.182. The number of benzene rings is 2. The first-order valence-corrected chi connectivity index (χ1v) is 7.26. The van der Waals surface area contributed by atoms with Crippen LogP contribution in [0.3, 0.4) is 0 Å². The van der Waals surface area contributed by atoms with Crippen molar-refractivity contribution in [2.24, 2.45) is 0 Å². The highest BCUT2D eigenvalue weighted by Crippen LogP contribution is 2.22. The zero-order valence-corrected chi connectivity index (χ0v) is 13.3. The van der Waals surface area contributed by atoms with Crippen molar-refractivity contribution < 1.29 is 9.59 Å². The molecule has 0 saturated heterocycles. The van der Waals surface area contributed by atoms with Crippen LogP contribution in [0, 0.1) is 0 Å². The third kappa shape index (κ3) is 4.45. The molecule has 0 aromatic heterocycles. The van der Waals surface area contributed by atoms with Gasteiger partial charge in [0, 0.05) is 28.2 Å². The Hall–Kier alpha value is -2.10. The highest BCUT2D eigenvalue weighted by Gasteiger charge is 2.05. The molecule has 0 aliphatic carbocycles. The molecule has 2 rings (SSSR count). The van der Waals surface area contributed by atoms with Gasteiger partial charge in [0.15, 0.2) is 5.78 Å². The Morgan fingerprint density at radius 3 is 2.55 bits per heavy atom. The summed E-state index contributed by atoms with van der Waals surface area (Å²) in [7, 11) is 0. The first-order valence-electron chi connectivity index (χ1n) is 6.51. The lowest BCUT2D eigenvalue weighted by molar-refractivity contribution is -0.114. The van der Waals surface area contributed by atoms with E-state index in [1.807, 2.05) is 0 Å². The Kier molecular flexibility index (Phi) is 5.36. The molecule has 2 aromatic carbocycles. The monoisotopic (exact) mass is 333 g/mol. The second-order valence-corrected chi connectivity index (χ2v) is 5.47. The quantitative estimate of drug-likeness (QED) is 0.642. The van der Waals surface area contributed by atoms with E-state index in [-0.39, 0.29) is 11.7 Å². The Bertz CT molecular complexity index is 754. The molecule has 0 fully saturated rings. The number of allylic oxidation sites excluding steroid dienone is 1. The van der Waals surface area contributed by atoms with E-state index in [9.17, 15) is 9.59 Å². The van der Waals surface area contributed by atoms with Crippen molar-refractivity contribution in [3.63, 3.8) is 0 Å². The number of anilines is 1. The number of hydrogen-bond acceptors (Lipinski definition) is 2. The number of carbonyl (C=O) groups excluding carboxylic acids is 2. The fourth-order valence-corrected chi connectivity index (χ4v) is 2.32. The van der Waals surface area contributed by atoms with Crippen molar-refractivity contribution in [1.29, 1.82) is 0 Å². The smallest absolute Gasteiger partial charge is 0.221 e. The van der Waals surface area contributed by atoms with Gasteiger partial charge in [-0.25, -0.2) is 0 Å². The molecule has 0 atom stereocenters. The van der Waals surface area contributed by atoms with E-state index in [1.165, 1.54) is 13.0 Å². The van der Waals surface area contributed by atoms with Crippen LogP contribution in [0.5, 0.6) is 0 Å². The summed E-state index contributed by atoms with van der Waals surface area (Å²) in [5.74, 6) is -0.369. The van der Waals surface area contributed by atoms with Crippen molar-refractivity contribution in [3.8, 4) is 0 Å². The van der Waals surface area contributed by atoms with Crippen LogP contribution in [0.1, 0.15) is 22.8 Å². The third-order valence-corrected chi connectivity index (χ3v) is 3.41. The molecular formula is C17H13Cl2NO2. The van der Waals surface area contributed by atoms with Crippen LogP contribution in [-0.4, -0.2) is 11.7 Å². The molecule has 22 heavy (non-hydrogen) atoms. The SMILES string of the molecule is CC(=O)Nc1cccc(C(=O)/C=C/c2ccc(Cl)cc2Cl)c1. The second kappa shape index (κ2) is 7.25. The van der Waals surface area contributed by atoms with Gasteiger partial charge in [0.1, 0.15) is 0 Å². The highest BCUT2D eigenvalue weighted by molar-refractivity contribution is 6.35. The van der Waals surface area contributed by atoms with Crippen LogP contribution >= 0.6 is 23.2 Å². The summed E-state index contributed by atoms with van der Waals surface area (Å²) in [6.07, 6.45) is 3.06. The Balaban J connectivity index is 2.18. The van der Waals surface area contributed by atoms with Gasteiger partial charge in [-0.15, -0.1) is 0 Å². The minimum Gasteiger partial charge on any atom is -0.326 e. The second-order valence-electron chi connectivity index (χ2n) is 4.63.